The van der Waals surface area contributed by atoms with Crippen LogP contribution >= 0.6 is 0 Å². The van der Waals surface area contributed by atoms with Gasteiger partial charge in [0.05, 0.1) is 6.04 Å². The number of fused-ring (bicyclic) bond motifs is 1. The minimum atomic E-state index is -1.24. The summed E-state index contributed by atoms with van der Waals surface area (Å²) in [5.74, 6) is -2.77. The zero-order chi connectivity index (χ0) is 20.8. The summed E-state index contributed by atoms with van der Waals surface area (Å²) in [4.78, 5) is 39.4. The summed E-state index contributed by atoms with van der Waals surface area (Å²) in [5.41, 5.74) is 3.90. The summed E-state index contributed by atoms with van der Waals surface area (Å²) in [6, 6.07) is 15.7. The van der Waals surface area contributed by atoms with Crippen LogP contribution in [0.3, 0.4) is 0 Å². The standard InChI is InChI=1S/C21H22N4O4/c1-13(14-7-3-2-4-8-14)23-19(26)18(24-20(27)21(28)25-29)11-15-12-22-17-10-6-5-9-16(15)17/h2-10,12-13,18,22,29H,11H2,1H3,(H,23,26)(H,24,27)(H,25,28)/t13-,18-/m0/s1. The lowest BCUT2D eigenvalue weighted by Gasteiger charge is -2.21. The molecular formula is C21H22N4O4. The Labute approximate surface area is 167 Å². The number of para-hydroxylation sites is 1. The Morgan fingerprint density at radius 3 is 2.38 bits per heavy atom. The average molecular weight is 394 g/mol. The van der Waals surface area contributed by atoms with Gasteiger partial charge in [-0.15, -0.1) is 0 Å². The molecule has 5 N–H and O–H groups in total. The van der Waals surface area contributed by atoms with Crippen molar-refractivity contribution in [2.75, 3.05) is 0 Å². The first-order chi connectivity index (χ1) is 14.0. The van der Waals surface area contributed by atoms with E-state index in [1.807, 2.05) is 61.5 Å². The van der Waals surface area contributed by atoms with Gasteiger partial charge >= 0.3 is 11.8 Å². The zero-order valence-electron chi connectivity index (χ0n) is 15.8. The molecule has 0 unspecified atom stereocenters. The van der Waals surface area contributed by atoms with Gasteiger partial charge in [-0.1, -0.05) is 48.5 Å². The molecule has 0 radical (unpaired) electrons. The van der Waals surface area contributed by atoms with Crippen LogP contribution in [0.2, 0.25) is 0 Å². The van der Waals surface area contributed by atoms with Crippen LogP contribution in [0.15, 0.2) is 60.8 Å². The van der Waals surface area contributed by atoms with E-state index in [2.05, 4.69) is 15.6 Å². The molecule has 150 valence electrons. The van der Waals surface area contributed by atoms with E-state index in [1.54, 1.807) is 6.20 Å². The monoisotopic (exact) mass is 394 g/mol. The summed E-state index contributed by atoms with van der Waals surface area (Å²) in [5, 5.41) is 14.9. The Balaban J connectivity index is 1.81. The van der Waals surface area contributed by atoms with Crippen molar-refractivity contribution in [1.82, 2.24) is 21.1 Å². The van der Waals surface area contributed by atoms with Crippen molar-refractivity contribution in [3.8, 4) is 0 Å². The van der Waals surface area contributed by atoms with Crippen LogP contribution in [0, 0.1) is 0 Å². The molecule has 0 saturated carbocycles. The molecule has 2 aromatic carbocycles. The van der Waals surface area contributed by atoms with Crippen molar-refractivity contribution in [3.05, 3.63) is 71.9 Å². The van der Waals surface area contributed by atoms with E-state index in [0.29, 0.717) is 0 Å². The third kappa shape index (κ3) is 4.80. The molecule has 0 bridgehead atoms. The quantitative estimate of drug-likeness (QED) is 0.247. The number of amides is 3. The molecule has 8 nitrogen and oxygen atoms in total. The second kappa shape index (κ2) is 9.03. The maximum atomic E-state index is 12.9. The Bertz CT molecular complexity index is 1020. The maximum absolute atomic E-state index is 12.9. The summed E-state index contributed by atoms with van der Waals surface area (Å²) >= 11 is 0. The predicted molar refractivity (Wildman–Crippen MR) is 107 cm³/mol. The molecule has 0 aliphatic carbocycles. The highest BCUT2D eigenvalue weighted by molar-refractivity contribution is 6.35. The number of aromatic nitrogens is 1. The summed E-state index contributed by atoms with van der Waals surface area (Å²) in [6.07, 6.45) is 1.94. The van der Waals surface area contributed by atoms with Crippen molar-refractivity contribution in [3.63, 3.8) is 0 Å². The van der Waals surface area contributed by atoms with Gasteiger partial charge in [0.25, 0.3) is 0 Å². The first-order valence-corrected chi connectivity index (χ1v) is 9.15. The number of carbonyl (C=O) groups excluding carboxylic acids is 3. The molecular weight excluding hydrogens is 372 g/mol. The van der Waals surface area contributed by atoms with Crippen LogP contribution < -0.4 is 16.1 Å². The van der Waals surface area contributed by atoms with Gasteiger partial charge in [-0.05, 0) is 24.1 Å². The zero-order valence-corrected chi connectivity index (χ0v) is 15.8. The highest BCUT2D eigenvalue weighted by Crippen LogP contribution is 2.19. The fraction of sp³-hybridized carbons (Fsp3) is 0.190. The van der Waals surface area contributed by atoms with Crippen LogP contribution in [-0.2, 0) is 20.8 Å². The Hall–Kier alpha value is -3.65. The molecule has 0 aliphatic heterocycles. The van der Waals surface area contributed by atoms with Crippen LogP contribution in [-0.4, -0.2) is 34.0 Å². The highest BCUT2D eigenvalue weighted by Gasteiger charge is 2.26. The van der Waals surface area contributed by atoms with E-state index in [0.717, 1.165) is 22.0 Å². The SMILES string of the molecule is C[C@H](NC(=O)[C@H](Cc1c[nH]c2ccccc12)NC(=O)C(=O)NO)c1ccccc1. The predicted octanol–water partition coefficient (Wildman–Crippen LogP) is 1.58. The highest BCUT2D eigenvalue weighted by atomic mass is 16.5. The van der Waals surface area contributed by atoms with Gasteiger partial charge in [-0.25, -0.2) is 5.48 Å². The van der Waals surface area contributed by atoms with Crippen molar-refractivity contribution < 1.29 is 19.6 Å². The fourth-order valence-electron chi connectivity index (χ4n) is 3.14. The van der Waals surface area contributed by atoms with E-state index in [-0.39, 0.29) is 12.5 Å². The van der Waals surface area contributed by atoms with Crippen molar-refractivity contribution in [2.45, 2.75) is 25.4 Å². The minimum Gasteiger partial charge on any atom is -0.361 e. The molecule has 1 heterocycles. The molecule has 1 aromatic heterocycles. The number of benzene rings is 2. The topological polar surface area (TPSA) is 123 Å². The molecule has 2 atom stereocenters. The first kappa shape index (κ1) is 20.1. The molecule has 3 rings (SSSR count). The van der Waals surface area contributed by atoms with E-state index in [1.165, 1.54) is 5.48 Å². The number of H-pyrrole nitrogens is 1. The van der Waals surface area contributed by atoms with Gasteiger partial charge in [0.1, 0.15) is 6.04 Å². The number of hydrogen-bond donors (Lipinski definition) is 5. The summed E-state index contributed by atoms with van der Waals surface area (Å²) in [6.45, 7) is 1.83. The van der Waals surface area contributed by atoms with Crippen molar-refractivity contribution >= 4 is 28.6 Å². The van der Waals surface area contributed by atoms with E-state index >= 15 is 0 Å². The van der Waals surface area contributed by atoms with Crippen LogP contribution in [0.4, 0.5) is 0 Å². The lowest BCUT2D eigenvalue weighted by Crippen LogP contribution is -2.52. The number of nitrogens with one attached hydrogen (secondary N) is 4. The van der Waals surface area contributed by atoms with Crippen LogP contribution in [0.25, 0.3) is 10.9 Å². The second-order valence-corrected chi connectivity index (χ2v) is 6.67. The number of aromatic amines is 1. The van der Waals surface area contributed by atoms with Gasteiger partial charge in [-0.3, -0.25) is 19.6 Å². The van der Waals surface area contributed by atoms with Gasteiger partial charge < -0.3 is 15.6 Å². The molecule has 29 heavy (non-hydrogen) atoms. The third-order valence-electron chi connectivity index (χ3n) is 4.69. The van der Waals surface area contributed by atoms with Gasteiger partial charge in [-0.2, -0.15) is 0 Å². The second-order valence-electron chi connectivity index (χ2n) is 6.67. The van der Waals surface area contributed by atoms with E-state index in [4.69, 9.17) is 5.21 Å². The lowest BCUT2D eigenvalue weighted by molar-refractivity contribution is -0.145. The summed E-state index contributed by atoms with van der Waals surface area (Å²) in [7, 11) is 0. The Kier molecular flexibility index (Phi) is 6.25. The maximum Gasteiger partial charge on any atom is 0.332 e. The summed E-state index contributed by atoms with van der Waals surface area (Å²) < 4.78 is 0. The van der Waals surface area contributed by atoms with Gasteiger partial charge in [0.15, 0.2) is 0 Å². The van der Waals surface area contributed by atoms with Crippen molar-refractivity contribution in [1.29, 1.82) is 0 Å². The Morgan fingerprint density at radius 2 is 1.66 bits per heavy atom. The van der Waals surface area contributed by atoms with Crippen molar-refractivity contribution in [2.24, 2.45) is 0 Å². The fourth-order valence-corrected chi connectivity index (χ4v) is 3.14. The van der Waals surface area contributed by atoms with E-state index in [9.17, 15) is 14.4 Å². The molecule has 8 heteroatoms. The largest absolute Gasteiger partial charge is 0.361 e. The minimum absolute atomic E-state index is 0.168. The molecule has 3 amide bonds. The average Bonchev–Trinajstić information content (AvgIpc) is 3.16. The molecule has 0 aliphatic rings. The van der Waals surface area contributed by atoms with E-state index < -0.39 is 23.8 Å². The molecule has 0 spiro atoms. The third-order valence-corrected chi connectivity index (χ3v) is 4.69. The van der Waals surface area contributed by atoms with Gasteiger partial charge in [0, 0.05) is 23.5 Å². The molecule has 0 saturated heterocycles. The van der Waals surface area contributed by atoms with Crippen LogP contribution in [0.5, 0.6) is 0 Å². The Morgan fingerprint density at radius 1 is 0.966 bits per heavy atom. The number of carbonyl (C=O) groups is 3. The first-order valence-electron chi connectivity index (χ1n) is 9.15. The smallest absolute Gasteiger partial charge is 0.332 e. The molecule has 0 fully saturated rings. The van der Waals surface area contributed by atoms with Crippen LogP contribution in [0.1, 0.15) is 24.1 Å². The number of hydroxylamine groups is 1. The number of rotatable bonds is 6. The molecule has 3 aromatic rings. The van der Waals surface area contributed by atoms with Gasteiger partial charge in [0.2, 0.25) is 5.91 Å². The normalized spacial score (nSPS) is 12.8. The lowest BCUT2D eigenvalue weighted by atomic mass is 10.0. The number of hydrogen-bond acceptors (Lipinski definition) is 4.